The van der Waals surface area contributed by atoms with Crippen molar-refractivity contribution in [3.8, 4) is 0 Å². The van der Waals surface area contributed by atoms with E-state index in [1.54, 1.807) is 13.8 Å². The molecule has 0 aromatic carbocycles. The summed E-state index contributed by atoms with van der Waals surface area (Å²) in [5.41, 5.74) is 0. The molecule has 0 unspecified atom stereocenters. The summed E-state index contributed by atoms with van der Waals surface area (Å²) >= 11 is 1.29. The van der Waals surface area contributed by atoms with Crippen LogP contribution in [0.3, 0.4) is 0 Å². The number of aromatic nitrogens is 2. The van der Waals surface area contributed by atoms with Crippen LogP contribution in [0.5, 0.6) is 0 Å². The van der Waals surface area contributed by atoms with E-state index in [1.165, 1.54) is 11.8 Å². The summed E-state index contributed by atoms with van der Waals surface area (Å²) in [6, 6.07) is 0. The van der Waals surface area contributed by atoms with E-state index in [0.29, 0.717) is 17.5 Å². The molecule has 0 aliphatic rings. The Morgan fingerprint density at radius 3 is 2.81 bits per heavy atom. The lowest BCUT2D eigenvalue weighted by atomic mass is 10.2. The second kappa shape index (κ2) is 5.34. The fourth-order valence-electron chi connectivity index (χ4n) is 0.971. The number of aliphatic carboxylic acids is 1. The number of carbonyl (C=O) groups is 1. The molecule has 90 valence electrons. The van der Waals surface area contributed by atoms with Gasteiger partial charge in [0.25, 0.3) is 0 Å². The maximum atomic E-state index is 10.9. The van der Waals surface area contributed by atoms with Crippen molar-refractivity contribution in [2.45, 2.75) is 44.1 Å². The molecule has 0 fully saturated rings. The fraction of sp³-hybridized carbons (Fsp3) is 0.700. The van der Waals surface area contributed by atoms with Crippen molar-refractivity contribution in [3.05, 3.63) is 11.7 Å². The Balaban J connectivity index is 2.51. The van der Waals surface area contributed by atoms with Crippen molar-refractivity contribution in [2.75, 3.05) is 0 Å². The highest BCUT2D eigenvalue weighted by Crippen LogP contribution is 2.27. The van der Waals surface area contributed by atoms with Crippen molar-refractivity contribution in [1.82, 2.24) is 10.1 Å². The first-order chi connectivity index (χ1) is 7.45. The Bertz CT molecular complexity index is 363. The molecule has 0 amide bonds. The van der Waals surface area contributed by atoms with Crippen LogP contribution in [0.1, 0.15) is 38.9 Å². The van der Waals surface area contributed by atoms with E-state index >= 15 is 0 Å². The second-order valence-electron chi connectivity index (χ2n) is 3.96. The van der Waals surface area contributed by atoms with Crippen LogP contribution in [0.15, 0.2) is 4.52 Å². The zero-order valence-corrected chi connectivity index (χ0v) is 10.5. The Labute approximate surface area is 98.6 Å². The van der Waals surface area contributed by atoms with E-state index in [4.69, 9.17) is 9.63 Å². The molecule has 1 heterocycles. The minimum atomic E-state index is -0.838. The molecule has 1 aromatic heterocycles. The van der Waals surface area contributed by atoms with Gasteiger partial charge in [-0.05, 0) is 20.3 Å². The van der Waals surface area contributed by atoms with Crippen LogP contribution in [-0.2, 0) is 17.0 Å². The van der Waals surface area contributed by atoms with Crippen molar-refractivity contribution in [1.29, 1.82) is 0 Å². The average molecular weight is 244 g/mol. The first kappa shape index (κ1) is 13.0. The lowest BCUT2D eigenvalue weighted by molar-refractivity contribution is -0.138. The van der Waals surface area contributed by atoms with E-state index in [-0.39, 0.29) is 0 Å². The predicted molar refractivity (Wildman–Crippen MR) is 61.3 cm³/mol. The monoisotopic (exact) mass is 244 g/mol. The third-order valence-electron chi connectivity index (χ3n) is 2.05. The van der Waals surface area contributed by atoms with Crippen molar-refractivity contribution in [3.63, 3.8) is 0 Å². The van der Waals surface area contributed by atoms with Gasteiger partial charge in [0.1, 0.15) is 4.75 Å². The molecule has 1 rings (SSSR count). The molecule has 0 saturated heterocycles. The lowest BCUT2D eigenvalue weighted by Gasteiger charge is -2.16. The van der Waals surface area contributed by atoms with Gasteiger partial charge < -0.3 is 9.63 Å². The number of rotatable bonds is 6. The summed E-state index contributed by atoms with van der Waals surface area (Å²) in [4.78, 5) is 15.0. The van der Waals surface area contributed by atoms with E-state index in [0.717, 1.165) is 12.8 Å². The molecule has 5 nitrogen and oxygen atoms in total. The van der Waals surface area contributed by atoms with Crippen molar-refractivity contribution < 1.29 is 14.4 Å². The zero-order chi connectivity index (χ0) is 12.2. The summed E-state index contributed by atoms with van der Waals surface area (Å²) in [6.45, 7) is 5.35. The van der Waals surface area contributed by atoms with Crippen LogP contribution in [0, 0.1) is 0 Å². The molecule has 0 radical (unpaired) electrons. The SMILES string of the molecule is CCCc1nc(CSC(C)(C)C(=O)O)no1. The number of nitrogens with zero attached hydrogens (tertiary/aromatic N) is 2. The van der Waals surface area contributed by atoms with E-state index in [9.17, 15) is 4.79 Å². The van der Waals surface area contributed by atoms with Gasteiger partial charge in [-0.1, -0.05) is 12.1 Å². The van der Waals surface area contributed by atoms with Gasteiger partial charge >= 0.3 is 5.97 Å². The molecule has 1 N–H and O–H groups in total. The van der Waals surface area contributed by atoms with E-state index < -0.39 is 10.7 Å². The second-order valence-corrected chi connectivity index (χ2v) is 5.56. The quantitative estimate of drug-likeness (QED) is 0.826. The third kappa shape index (κ3) is 3.52. The predicted octanol–water partition coefficient (Wildman–Crippen LogP) is 2.12. The molecule has 0 atom stereocenters. The highest BCUT2D eigenvalue weighted by molar-refractivity contribution is 8.00. The fourth-order valence-corrected chi connectivity index (χ4v) is 1.70. The van der Waals surface area contributed by atoms with Crippen LogP contribution in [0.25, 0.3) is 0 Å². The third-order valence-corrected chi connectivity index (χ3v) is 3.35. The van der Waals surface area contributed by atoms with Gasteiger partial charge in [-0.25, -0.2) is 0 Å². The number of hydrogen-bond donors (Lipinski definition) is 1. The molecule has 16 heavy (non-hydrogen) atoms. The summed E-state index contributed by atoms with van der Waals surface area (Å²) in [5.74, 6) is 0.788. The van der Waals surface area contributed by atoms with Gasteiger partial charge in [0, 0.05) is 6.42 Å². The van der Waals surface area contributed by atoms with Gasteiger partial charge in [-0.3, -0.25) is 4.79 Å². The summed E-state index contributed by atoms with van der Waals surface area (Å²) < 4.78 is 4.18. The van der Waals surface area contributed by atoms with Gasteiger partial charge in [-0.15, -0.1) is 11.8 Å². The minimum Gasteiger partial charge on any atom is -0.480 e. The van der Waals surface area contributed by atoms with Gasteiger partial charge in [-0.2, -0.15) is 4.98 Å². The smallest absolute Gasteiger partial charge is 0.319 e. The zero-order valence-electron chi connectivity index (χ0n) is 9.69. The molecule has 1 aromatic rings. The number of carboxylic acid groups (broad SMARTS) is 1. The highest BCUT2D eigenvalue weighted by atomic mass is 32.2. The van der Waals surface area contributed by atoms with E-state index in [2.05, 4.69) is 10.1 Å². The summed E-state index contributed by atoms with van der Waals surface area (Å²) in [6.07, 6.45) is 1.72. The summed E-state index contributed by atoms with van der Waals surface area (Å²) in [7, 11) is 0. The van der Waals surface area contributed by atoms with Gasteiger partial charge in [0.2, 0.25) is 5.89 Å². The minimum absolute atomic E-state index is 0.451. The standard InChI is InChI=1S/C10H16N2O3S/c1-4-5-8-11-7(12-15-8)6-16-10(2,3)9(13)14/h4-6H2,1-3H3,(H,13,14). The molecule has 0 spiro atoms. The van der Waals surface area contributed by atoms with Gasteiger partial charge in [0.15, 0.2) is 5.82 Å². The Kier molecular flexibility index (Phi) is 4.35. The van der Waals surface area contributed by atoms with Crippen LogP contribution in [0.2, 0.25) is 0 Å². The van der Waals surface area contributed by atoms with Crippen molar-refractivity contribution >= 4 is 17.7 Å². The average Bonchev–Trinajstić information content (AvgIpc) is 2.63. The maximum absolute atomic E-state index is 10.9. The molecular weight excluding hydrogens is 228 g/mol. The molecule has 0 aliphatic carbocycles. The number of aryl methyl sites for hydroxylation is 1. The van der Waals surface area contributed by atoms with Crippen molar-refractivity contribution in [2.24, 2.45) is 0 Å². The first-order valence-corrected chi connectivity index (χ1v) is 6.13. The highest BCUT2D eigenvalue weighted by Gasteiger charge is 2.28. The van der Waals surface area contributed by atoms with E-state index in [1.807, 2.05) is 6.92 Å². The molecule has 6 heteroatoms. The van der Waals surface area contributed by atoms with Crippen LogP contribution >= 0.6 is 11.8 Å². The maximum Gasteiger partial charge on any atom is 0.319 e. The van der Waals surface area contributed by atoms with Crippen LogP contribution < -0.4 is 0 Å². The Hall–Kier alpha value is -1.04. The molecular formula is C10H16N2O3S. The normalized spacial score (nSPS) is 11.7. The largest absolute Gasteiger partial charge is 0.480 e. The molecule has 0 bridgehead atoms. The lowest BCUT2D eigenvalue weighted by Crippen LogP contribution is -2.27. The molecule has 0 saturated carbocycles. The first-order valence-electron chi connectivity index (χ1n) is 5.14. The topological polar surface area (TPSA) is 76.2 Å². The number of thioether (sulfide) groups is 1. The van der Waals surface area contributed by atoms with Crippen LogP contribution in [0.4, 0.5) is 0 Å². The van der Waals surface area contributed by atoms with Gasteiger partial charge in [0.05, 0.1) is 5.75 Å². The number of hydrogen-bond acceptors (Lipinski definition) is 5. The number of carboxylic acids is 1. The van der Waals surface area contributed by atoms with Crippen LogP contribution in [-0.4, -0.2) is 26.0 Å². The summed E-state index contributed by atoms with van der Waals surface area (Å²) in [5, 5.41) is 12.7. The molecule has 0 aliphatic heterocycles. The Morgan fingerprint density at radius 1 is 1.56 bits per heavy atom. The Morgan fingerprint density at radius 2 is 2.25 bits per heavy atom.